The summed E-state index contributed by atoms with van der Waals surface area (Å²) in [7, 11) is 0. The minimum absolute atomic E-state index is 0.0410. The minimum Gasteiger partial charge on any atom is -0.346 e. The van der Waals surface area contributed by atoms with Gasteiger partial charge in [-0.05, 0) is 29.2 Å². The van der Waals surface area contributed by atoms with Gasteiger partial charge in [0.1, 0.15) is 0 Å². The summed E-state index contributed by atoms with van der Waals surface area (Å²) in [6.45, 7) is 0.723. The third-order valence-electron chi connectivity index (χ3n) is 3.97. The van der Waals surface area contributed by atoms with E-state index < -0.39 is 0 Å². The first-order chi connectivity index (χ1) is 12.2. The Balaban J connectivity index is 1.52. The van der Waals surface area contributed by atoms with Gasteiger partial charge in [0.05, 0.1) is 0 Å². The zero-order valence-corrected chi connectivity index (χ0v) is 14.6. The number of amides is 1. The van der Waals surface area contributed by atoms with Crippen LogP contribution in [-0.4, -0.2) is 5.91 Å². The Bertz CT molecular complexity index is 832. The van der Waals surface area contributed by atoms with Crippen LogP contribution in [0.5, 0.6) is 0 Å². The number of carbonyl (C=O) groups is 1. The van der Waals surface area contributed by atoms with Gasteiger partial charge >= 0.3 is 0 Å². The largest absolute Gasteiger partial charge is 0.346 e. The maximum atomic E-state index is 12.1. The Morgan fingerprint density at radius 2 is 1.52 bits per heavy atom. The topological polar surface area (TPSA) is 33.0 Å². The molecule has 0 unspecified atom stereocenters. The molecule has 3 rings (SSSR count). The van der Waals surface area contributed by atoms with Gasteiger partial charge in [-0.15, -0.1) is 0 Å². The van der Waals surface area contributed by atoms with Crippen molar-refractivity contribution in [2.75, 3.05) is 0 Å². The Morgan fingerprint density at radius 3 is 2.24 bits per heavy atom. The zero-order chi connectivity index (χ0) is 17.5. The summed E-state index contributed by atoms with van der Waals surface area (Å²) in [4.78, 5) is 12.1. The van der Waals surface area contributed by atoms with E-state index in [1.807, 2.05) is 71.6 Å². The molecule has 3 nitrogen and oxygen atoms in total. The molecule has 0 saturated carbocycles. The fourth-order valence-corrected chi connectivity index (χ4v) is 2.80. The predicted molar refractivity (Wildman–Crippen MR) is 99.2 cm³/mol. The number of hydrogen-bond acceptors (Lipinski definition) is 1. The molecular weight excluding hydrogens is 332 g/mol. The van der Waals surface area contributed by atoms with E-state index in [9.17, 15) is 4.79 Å². The van der Waals surface area contributed by atoms with Crippen molar-refractivity contribution in [3.8, 4) is 0 Å². The van der Waals surface area contributed by atoms with Crippen molar-refractivity contribution in [3.05, 3.63) is 101 Å². The number of pyridine rings is 1. The van der Waals surface area contributed by atoms with Crippen molar-refractivity contribution >= 4 is 17.5 Å². The molecule has 4 heteroatoms. The summed E-state index contributed by atoms with van der Waals surface area (Å²) < 4.78 is 1.87. The van der Waals surface area contributed by atoms with Crippen LogP contribution in [0.15, 0.2) is 79.1 Å². The summed E-state index contributed by atoms with van der Waals surface area (Å²) in [6.07, 6.45) is 4.76. The van der Waals surface area contributed by atoms with Gasteiger partial charge in [-0.25, -0.2) is 0 Å². The molecule has 0 atom stereocenters. The maximum Gasteiger partial charge on any atom is 0.286 e. The molecule has 3 aromatic rings. The standard InChI is InChI=1S/C21H19ClN2O/c22-20-9-5-4-8-19(20)15-23-21(25)16-24-12-10-18(11-13-24)14-17-6-2-1-3-7-17/h1-13H,14-16H2/p+1. The molecule has 0 aliphatic heterocycles. The van der Waals surface area contributed by atoms with Gasteiger partial charge < -0.3 is 5.32 Å². The normalized spacial score (nSPS) is 10.4. The molecule has 25 heavy (non-hydrogen) atoms. The molecule has 2 aromatic carbocycles. The number of nitrogens with one attached hydrogen (secondary N) is 1. The van der Waals surface area contributed by atoms with Gasteiger partial charge in [0.15, 0.2) is 12.4 Å². The first-order valence-electron chi connectivity index (χ1n) is 8.23. The Labute approximate surface area is 152 Å². The second kappa shape index (κ2) is 8.45. The van der Waals surface area contributed by atoms with Gasteiger partial charge in [-0.1, -0.05) is 60.1 Å². The number of halogens is 1. The SMILES string of the molecule is O=C(C[n+]1ccc(Cc2ccccc2)cc1)NCc1ccccc1Cl. The molecule has 0 aliphatic carbocycles. The number of nitrogens with zero attached hydrogens (tertiary/aromatic N) is 1. The van der Waals surface area contributed by atoms with Crippen molar-refractivity contribution in [1.29, 1.82) is 0 Å². The minimum atomic E-state index is -0.0410. The highest BCUT2D eigenvalue weighted by Crippen LogP contribution is 2.14. The predicted octanol–water partition coefficient (Wildman–Crippen LogP) is 3.53. The van der Waals surface area contributed by atoms with Crippen LogP contribution < -0.4 is 9.88 Å². The third kappa shape index (κ3) is 5.16. The molecule has 0 radical (unpaired) electrons. The van der Waals surface area contributed by atoms with Crippen molar-refractivity contribution in [1.82, 2.24) is 5.32 Å². The molecule has 0 fully saturated rings. The summed E-state index contributed by atoms with van der Waals surface area (Å²) in [6, 6.07) is 22.0. The Hall–Kier alpha value is -2.65. The lowest BCUT2D eigenvalue weighted by atomic mass is 10.1. The lowest BCUT2D eigenvalue weighted by molar-refractivity contribution is -0.684. The molecule has 0 saturated heterocycles. The van der Waals surface area contributed by atoms with Crippen LogP contribution >= 0.6 is 11.6 Å². The van der Waals surface area contributed by atoms with E-state index >= 15 is 0 Å². The fourth-order valence-electron chi connectivity index (χ4n) is 2.60. The number of hydrogen-bond donors (Lipinski definition) is 1. The fraction of sp³-hybridized carbons (Fsp3) is 0.143. The Kier molecular flexibility index (Phi) is 5.81. The van der Waals surface area contributed by atoms with E-state index in [1.54, 1.807) is 0 Å². The third-order valence-corrected chi connectivity index (χ3v) is 4.34. The van der Waals surface area contributed by atoms with Crippen molar-refractivity contribution < 1.29 is 9.36 Å². The number of benzene rings is 2. The highest BCUT2D eigenvalue weighted by molar-refractivity contribution is 6.31. The first-order valence-corrected chi connectivity index (χ1v) is 8.60. The van der Waals surface area contributed by atoms with Crippen LogP contribution in [0.1, 0.15) is 16.7 Å². The smallest absolute Gasteiger partial charge is 0.286 e. The van der Waals surface area contributed by atoms with Crippen LogP contribution in [-0.2, 0) is 24.3 Å². The molecule has 1 N–H and O–H groups in total. The molecular formula is C21H20ClN2O+. The lowest BCUT2D eigenvalue weighted by Crippen LogP contribution is -2.42. The van der Waals surface area contributed by atoms with Crippen LogP contribution in [0, 0.1) is 0 Å². The summed E-state index contributed by atoms with van der Waals surface area (Å²) in [5, 5.41) is 3.57. The first kappa shape index (κ1) is 17.2. The lowest BCUT2D eigenvalue weighted by Gasteiger charge is -2.05. The zero-order valence-electron chi connectivity index (χ0n) is 13.9. The van der Waals surface area contributed by atoms with Gasteiger partial charge in [-0.3, -0.25) is 4.79 Å². The van der Waals surface area contributed by atoms with Gasteiger partial charge in [0.25, 0.3) is 5.91 Å². The molecule has 1 aromatic heterocycles. The molecule has 0 bridgehead atoms. The van der Waals surface area contributed by atoms with Gasteiger partial charge in [0, 0.05) is 23.7 Å². The number of carbonyl (C=O) groups excluding carboxylic acids is 1. The number of rotatable bonds is 6. The van der Waals surface area contributed by atoms with Gasteiger partial charge in [0.2, 0.25) is 6.54 Å². The molecule has 1 amide bonds. The summed E-state index contributed by atoms with van der Waals surface area (Å²) in [5.74, 6) is -0.0410. The maximum absolute atomic E-state index is 12.1. The molecule has 0 aliphatic rings. The average molecular weight is 352 g/mol. The quantitative estimate of drug-likeness (QED) is 0.677. The van der Waals surface area contributed by atoms with Crippen LogP contribution in [0.3, 0.4) is 0 Å². The van der Waals surface area contributed by atoms with Crippen molar-refractivity contribution in [2.45, 2.75) is 19.5 Å². The van der Waals surface area contributed by atoms with E-state index in [-0.39, 0.29) is 12.5 Å². The van der Waals surface area contributed by atoms with Crippen molar-refractivity contribution in [3.63, 3.8) is 0 Å². The number of aromatic nitrogens is 1. The summed E-state index contributed by atoms with van der Waals surface area (Å²) in [5.41, 5.74) is 3.41. The van der Waals surface area contributed by atoms with E-state index in [4.69, 9.17) is 11.6 Å². The second-order valence-corrected chi connectivity index (χ2v) is 6.32. The Morgan fingerprint density at radius 1 is 0.880 bits per heavy atom. The highest BCUT2D eigenvalue weighted by Gasteiger charge is 2.10. The summed E-state index contributed by atoms with van der Waals surface area (Å²) >= 11 is 6.10. The molecule has 126 valence electrons. The molecule has 0 spiro atoms. The van der Waals surface area contributed by atoms with Crippen molar-refractivity contribution in [2.24, 2.45) is 0 Å². The molecule has 1 heterocycles. The van der Waals surface area contributed by atoms with E-state index in [1.165, 1.54) is 11.1 Å². The van der Waals surface area contributed by atoms with Crippen LogP contribution in [0.25, 0.3) is 0 Å². The average Bonchev–Trinajstić information content (AvgIpc) is 2.64. The highest BCUT2D eigenvalue weighted by atomic mass is 35.5. The van der Waals surface area contributed by atoms with Crippen LogP contribution in [0.4, 0.5) is 0 Å². The van der Waals surface area contributed by atoms with Crippen LogP contribution in [0.2, 0.25) is 5.02 Å². The monoisotopic (exact) mass is 351 g/mol. The van der Waals surface area contributed by atoms with E-state index in [2.05, 4.69) is 17.4 Å². The van der Waals surface area contributed by atoms with Gasteiger partial charge in [-0.2, -0.15) is 4.57 Å². The second-order valence-electron chi connectivity index (χ2n) is 5.91. The van der Waals surface area contributed by atoms with E-state index in [0.717, 1.165) is 12.0 Å². The van der Waals surface area contributed by atoms with E-state index in [0.29, 0.717) is 11.6 Å².